The highest BCUT2D eigenvalue weighted by Gasteiger charge is 2.22. The minimum Gasteiger partial charge on any atom is -0.476 e. The first kappa shape index (κ1) is 22.9. The molecule has 3 heterocycles. The number of fused-ring (bicyclic) bond motifs is 1. The molecule has 1 aliphatic rings. The molecule has 11 nitrogen and oxygen atoms in total. The van der Waals surface area contributed by atoms with Crippen molar-refractivity contribution in [1.82, 2.24) is 24.5 Å². The highest BCUT2D eigenvalue weighted by atomic mass is 32.2. The summed E-state index contributed by atoms with van der Waals surface area (Å²) in [6.07, 6.45) is 1.89. The molecule has 3 aromatic rings. The van der Waals surface area contributed by atoms with E-state index in [0.29, 0.717) is 60.4 Å². The highest BCUT2D eigenvalue weighted by molar-refractivity contribution is 7.99. The van der Waals surface area contributed by atoms with E-state index in [0.717, 1.165) is 5.56 Å². The summed E-state index contributed by atoms with van der Waals surface area (Å²) in [5.41, 5.74) is 1.39. The third kappa shape index (κ3) is 5.22. The van der Waals surface area contributed by atoms with Crippen molar-refractivity contribution < 1.29 is 23.7 Å². The average molecular weight is 475 g/mol. The Hall–Kier alpha value is -3.25. The maximum absolute atomic E-state index is 12.6. The van der Waals surface area contributed by atoms with Crippen LogP contribution in [0, 0.1) is 0 Å². The van der Waals surface area contributed by atoms with Crippen LogP contribution in [0.2, 0.25) is 0 Å². The Balaban J connectivity index is 1.49. The molecule has 0 aliphatic carbocycles. The highest BCUT2D eigenvalue weighted by Crippen LogP contribution is 2.34. The van der Waals surface area contributed by atoms with Gasteiger partial charge in [-0.15, -0.1) is 15.3 Å². The van der Waals surface area contributed by atoms with E-state index in [4.69, 9.17) is 18.9 Å². The van der Waals surface area contributed by atoms with Crippen LogP contribution in [0.3, 0.4) is 0 Å². The Labute approximate surface area is 195 Å². The summed E-state index contributed by atoms with van der Waals surface area (Å²) in [6, 6.07) is 5.28. The number of ether oxygens (including phenoxy) is 4. The lowest BCUT2D eigenvalue weighted by Crippen LogP contribution is -2.15. The lowest BCUT2D eigenvalue weighted by Gasteiger charge is -2.10. The Morgan fingerprint density at radius 1 is 1.24 bits per heavy atom. The van der Waals surface area contributed by atoms with Crippen LogP contribution < -0.4 is 19.5 Å². The largest absolute Gasteiger partial charge is 0.476 e. The number of nitrogens with zero attached hydrogens (tertiary/aromatic N) is 5. The predicted octanol–water partition coefficient (Wildman–Crippen LogP) is 2.67. The molecule has 1 aliphatic heterocycles. The molecule has 12 heteroatoms. The van der Waals surface area contributed by atoms with Gasteiger partial charge in [-0.3, -0.25) is 14.0 Å². The molecule has 1 N–H and O–H groups in total. The van der Waals surface area contributed by atoms with Crippen LogP contribution in [-0.4, -0.2) is 63.3 Å². The number of benzene rings is 1. The molecule has 0 bridgehead atoms. The second-order valence-corrected chi connectivity index (χ2v) is 7.93. The standard InChI is InChI=1S/C21H26N6O5S/c1-4-26-11-15(20(25-26)30-5-2)19-23-24-21(27(19)8-9-29-3)33-12-18(28)22-14-6-7-16-17(10-14)32-13-31-16/h6-7,10-11H,4-5,8-9,12-13H2,1-3H3,(H,22,28). The number of hydrogen-bond donors (Lipinski definition) is 1. The van der Waals surface area contributed by atoms with Crippen molar-refractivity contribution in [3.05, 3.63) is 24.4 Å². The monoisotopic (exact) mass is 474 g/mol. The van der Waals surface area contributed by atoms with E-state index in [1.54, 1.807) is 30.0 Å². The summed E-state index contributed by atoms with van der Waals surface area (Å²) in [7, 11) is 1.64. The van der Waals surface area contributed by atoms with Gasteiger partial charge in [0.25, 0.3) is 0 Å². The fourth-order valence-electron chi connectivity index (χ4n) is 3.24. The van der Waals surface area contributed by atoms with Gasteiger partial charge in [-0.25, -0.2) is 0 Å². The first-order chi connectivity index (χ1) is 16.1. The smallest absolute Gasteiger partial charge is 0.243 e. The molecule has 1 amide bonds. The van der Waals surface area contributed by atoms with Crippen molar-refractivity contribution in [2.45, 2.75) is 32.1 Å². The topological polar surface area (TPSA) is 115 Å². The number of amides is 1. The van der Waals surface area contributed by atoms with Crippen LogP contribution in [0.1, 0.15) is 13.8 Å². The first-order valence-electron chi connectivity index (χ1n) is 10.6. The summed E-state index contributed by atoms with van der Waals surface area (Å²) in [4.78, 5) is 12.6. The van der Waals surface area contributed by atoms with Gasteiger partial charge in [0, 0.05) is 31.6 Å². The van der Waals surface area contributed by atoms with Crippen molar-refractivity contribution in [3.8, 4) is 28.8 Å². The van der Waals surface area contributed by atoms with E-state index >= 15 is 0 Å². The van der Waals surface area contributed by atoms with Gasteiger partial charge < -0.3 is 24.3 Å². The molecule has 33 heavy (non-hydrogen) atoms. The summed E-state index contributed by atoms with van der Waals surface area (Å²) in [5.74, 6) is 2.39. The van der Waals surface area contributed by atoms with Gasteiger partial charge in [-0.2, -0.15) is 0 Å². The van der Waals surface area contributed by atoms with Crippen molar-refractivity contribution in [2.24, 2.45) is 0 Å². The van der Waals surface area contributed by atoms with Gasteiger partial charge in [-0.05, 0) is 26.0 Å². The van der Waals surface area contributed by atoms with Crippen molar-refractivity contribution in [2.75, 3.05) is 38.2 Å². The van der Waals surface area contributed by atoms with Crippen LogP contribution in [0.15, 0.2) is 29.6 Å². The molecule has 176 valence electrons. The van der Waals surface area contributed by atoms with Crippen molar-refractivity contribution in [3.63, 3.8) is 0 Å². The fourth-order valence-corrected chi connectivity index (χ4v) is 4.01. The Bertz CT molecular complexity index is 1110. The van der Waals surface area contributed by atoms with Crippen LogP contribution in [0.5, 0.6) is 17.4 Å². The molecule has 0 unspecified atom stereocenters. The molecular formula is C21H26N6O5S. The minimum absolute atomic E-state index is 0.159. The summed E-state index contributed by atoms with van der Waals surface area (Å²) in [6.45, 7) is 6.27. The summed E-state index contributed by atoms with van der Waals surface area (Å²) >= 11 is 1.30. The second-order valence-electron chi connectivity index (χ2n) is 6.99. The Kier molecular flexibility index (Phi) is 7.35. The van der Waals surface area contributed by atoms with Crippen LogP contribution >= 0.6 is 11.8 Å². The Morgan fingerprint density at radius 2 is 2.09 bits per heavy atom. The maximum Gasteiger partial charge on any atom is 0.243 e. The Morgan fingerprint density at radius 3 is 2.88 bits per heavy atom. The zero-order valence-corrected chi connectivity index (χ0v) is 19.6. The normalized spacial score (nSPS) is 12.2. The van der Waals surface area contributed by atoms with E-state index in [-0.39, 0.29) is 18.5 Å². The maximum atomic E-state index is 12.6. The van der Waals surface area contributed by atoms with E-state index in [1.807, 2.05) is 24.6 Å². The van der Waals surface area contributed by atoms with Crippen LogP contribution in [-0.2, 0) is 22.6 Å². The molecule has 2 aromatic heterocycles. The van der Waals surface area contributed by atoms with Crippen LogP contribution in [0.25, 0.3) is 11.4 Å². The van der Waals surface area contributed by atoms with Gasteiger partial charge >= 0.3 is 0 Å². The number of methoxy groups -OCH3 is 1. The first-order valence-corrected chi connectivity index (χ1v) is 11.6. The van der Waals surface area contributed by atoms with E-state index in [1.165, 1.54) is 11.8 Å². The zero-order chi connectivity index (χ0) is 23.2. The van der Waals surface area contributed by atoms with Gasteiger partial charge in [-0.1, -0.05) is 11.8 Å². The number of carbonyl (C=O) groups is 1. The quantitative estimate of drug-likeness (QED) is 0.419. The zero-order valence-electron chi connectivity index (χ0n) is 18.7. The van der Waals surface area contributed by atoms with E-state index in [9.17, 15) is 4.79 Å². The van der Waals surface area contributed by atoms with Gasteiger partial charge in [0.2, 0.25) is 18.6 Å². The molecule has 0 saturated heterocycles. The molecule has 4 rings (SSSR count). The van der Waals surface area contributed by atoms with Crippen molar-refractivity contribution in [1.29, 1.82) is 0 Å². The van der Waals surface area contributed by atoms with Crippen LogP contribution in [0.4, 0.5) is 5.69 Å². The average Bonchev–Trinajstić information content (AvgIpc) is 3.54. The van der Waals surface area contributed by atoms with E-state index < -0.39 is 0 Å². The number of aryl methyl sites for hydroxylation is 1. The number of thioether (sulfide) groups is 1. The summed E-state index contributed by atoms with van der Waals surface area (Å²) < 4.78 is 25.3. The number of rotatable bonds is 11. The molecule has 0 radical (unpaired) electrons. The third-order valence-electron chi connectivity index (χ3n) is 4.80. The van der Waals surface area contributed by atoms with Gasteiger partial charge in [0.05, 0.1) is 25.5 Å². The molecule has 0 atom stereocenters. The predicted molar refractivity (Wildman–Crippen MR) is 122 cm³/mol. The minimum atomic E-state index is -0.171. The number of aromatic nitrogens is 5. The van der Waals surface area contributed by atoms with E-state index in [2.05, 4.69) is 20.6 Å². The second kappa shape index (κ2) is 10.6. The van der Waals surface area contributed by atoms with Crippen molar-refractivity contribution >= 4 is 23.4 Å². The number of nitrogens with one attached hydrogen (secondary N) is 1. The molecule has 0 fully saturated rings. The molecule has 0 saturated carbocycles. The molecular weight excluding hydrogens is 448 g/mol. The van der Waals surface area contributed by atoms with Gasteiger partial charge in [0.1, 0.15) is 5.56 Å². The lowest BCUT2D eigenvalue weighted by molar-refractivity contribution is -0.113. The van der Waals surface area contributed by atoms with Gasteiger partial charge in [0.15, 0.2) is 22.5 Å². The fraction of sp³-hybridized carbons (Fsp3) is 0.429. The number of anilines is 1. The number of carbonyl (C=O) groups excluding carboxylic acids is 1. The lowest BCUT2D eigenvalue weighted by atomic mass is 10.3. The SMILES string of the molecule is CCOc1nn(CC)cc1-c1nnc(SCC(=O)Nc2ccc3c(c2)OCO3)n1CCOC. The molecule has 1 aromatic carbocycles. The third-order valence-corrected chi connectivity index (χ3v) is 5.77. The molecule has 0 spiro atoms. The summed E-state index contributed by atoms with van der Waals surface area (Å²) in [5, 5.41) is 16.6. The number of hydrogen-bond acceptors (Lipinski definition) is 9.